The van der Waals surface area contributed by atoms with Gasteiger partial charge in [0.15, 0.2) is 0 Å². The van der Waals surface area contributed by atoms with E-state index in [0.29, 0.717) is 5.92 Å². The van der Waals surface area contributed by atoms with Gasteiger partial charge in [-0.1, -0.05) is 12.8 Å². The number of halogens is 1. The van der Waals surface area contributed by atoms with Gasteiger partial charge in [0.25, 0.3) is 5.56 Å². The average molecular weight is 256 g/mol. The second kappa shape index (κ2) is 4.30. The molecule has 1 fully saturated rings. The quantitative estimate of drug-likeness (QED) is 0.797. The van der Waals surface area contributed by atoms with E-state index in [2.05, 4.69) is 15.9 Å². The van der Waals surface area contributed by atoms with E-state index >= 15 is 0 Å². The second-order valence-electron chi connectivity index (χ2n) is 3.99. The first kappa shape index (κ1) is 9.97. The molecule has 1 heterocycles. The number of hydrogen-bond donors (Lipinski definition) is 0. The topological polar surface area (TPSA) is 22.0 Å². The van der Waals surface area contributed by atoms with E-state index in [-0.39, 0.29) is 5.56 Å². The number of aromatic nitrogens is 1. The Bertz CT molecular complexity index is 366. The minimum absolute atomic E-state index is 0.111. The van der Waals surface area contributed by atoms with Crippen molar-refractivity contribution in [3.05, 3.63) is 33.2 Å². The maximum Gasteiger partial charge on any atom is 0.250 e. The maximum absolute atomic E-state index is 11.5. The van der Waals surface area contributed by atoms with Crippen LogP contribution in [0.15, 0.2) is 27.6 Å². The number of nitrogens with zero attached hydrogens (tertiary/aromatic N) is 1. The van der Waals surface area contributed by atoms with Gasteiger partial charge >= 0.3 is 0 Å². The smallest absolute Gasteiger partial charge is 0.250 e. The Morgan fingerprint density at radius 2 is 2.07 bits per heavy atom. The van der Waals surface area contributed by atoms with E-state index in [9.17, 15) is 4.79 Å². The molecule has 1 aliphatic rings. The Labute approximate surface area is 92.1 Å². The van der Waals surface area contributed by atoms with Crippen molar-refractivity contribution in [2.75, 3.05) is 0 Å². The minimum Gasteiger partial charge on any atom is -0.314 e. The van der Waals surface area contributed by atoms with E-state index < -0.39 is 0 Å². The number of pyridine rings is 1. The van der Waals surface area contributed by atoms with Gasteiger partial charge in [-0.25, -0.2) is 0 Å². The maximum atomic E-state index is 11.5. The molecule has 0 saturated heterocycles. The molecule has 0 radical (unpaired) electrons. The molecular formula is C11H14BrNO. The van der Waals surface area contributed by atoms with E-state index in [1.165, 1.54) is 25.7 Å². The fraction of sp³-hybridized carbons (Fsp3) is 0.545. The Morgan fingerprint density at radius 1 is 1.36 bits per heavy atom. The molecule has 1 aromatic rings. The number of rotatable bonds is 2. The summed E-state index contributed by atoms with van der Waals surface area (Å²) in [5.74, 6) is 0.710. The summed E-state index contributed by atoms with van der Waals surface area (Å²) in [6, 6.07) is 3.42. The van der Waals surface area contributed by atoms with Crippen molar-refractivity contribution in [3.8, 4) is 0 Å². The fourth-order valence-electron chi connectivity index (χ4n) is 2.12. The molecular weight excluding hydrogens is 242 g/mol. The molecule has 76 valence electrons. The highest BCUT2D eigenvalue weighted by molar-refractivity contribution is 9.10. The van der Waals surface area contributed by atoms with E-state index in [1.54, 1.807) is 12.1 Å². The molecule has 2 rings (SSSR count). The molecule has 0 atom stereocenters. The monoisotopic (exact) mass is 255 g/mol. The normalized spacial score (nSPS) is 17.5. The van der Waals surface area contributed by atoms with Crippen LogP contribution in [0.4, 0.5) is 0 Å². The second-order valence-corrected chi connectivity index (χ2v) is 4.90. The summed E-state index contributed by atoms with van der Waals surface area (Å²) in [4.78, 5) is 11.5. The highest BCUT2D eigenvalue weighted by Crippen LogP contribution is 2.25. The summed E-state index contributed by atoms with van der Waals surface area (Å²) in [7, 11) is 0. The zero-order chi connectivity index (χ0) is 9.97. The van der Waals surface area contributed by atoms with Gasteiger partial charge in [-0.05, 0) is 40.8 Å². The third-order valence-corrected chi connectivity index (χ3v) is 3.35. The van der Waals surface area contributed by atoms with Crippen LogP contribution in [0.1, 0.15) is 25.7 Å². The first-order valence-electron chi connectivity index (χ1n) is 5.12. The highest BCUT2D eigenvalue weighted by atomic mass is 79.9. The lowest BCUT2D eigenvalue weighted by atomic mass is 10.1. The molecule has 2 nitrogen and oxygen atoms in total. The van der Waals surface area contributed by atoms with Gasteiger partial charge in [-0.2, -0.15) is 0 Å². The lowest BCUT2D eigenvalue weighted by Crippen LogP contribution is -2.21. The largest absolute Gasteiger partial charge is 0.314 e. The van der Waals surface area contributed by atoms with Gasteiger partial charge < -0.3 is 4.57 Å². The number of hydrogen-bond acceptors (Lipinski definition) is 1. The van der Waals surface area contributed by atoms with Crippen molar-refractivity contribution in [2.24, 2.45) is 5.92 Å². The first-order chi connectivity index (χ1) is 6.75. The lowest BCUT2D eigenvalue weighted by molar-refractivity contribution is 0.448. The molecule has 0 N–H and O–H groups in total. The molecule has 0 amide bonds. The summed E-state index contributed by atoms with van der Waals surface area (Å²) >= 11 is 3.39. The SMILES string of the molecule is O=c1ccc(Br)cn1CC1CCCC1. The van der Waals surface area contributed by atoms with Gasteiger partial charge in [0.2, 0.25) is 0 Å². The van der Waals surface area contributed by atoms with Gasteiger partial charge in [0, 0.05) is 23.3 Å². The molecule has 3 heteroatoms. The van der Waals surface area contributed by atoms with Crippen LogP contribution in [0.25, 0.3) is 0 Å². The Morgan fingerprint density at radius 3 is 2.79 bits per heavy atom. The van der Waals surface area contributed by atoms with Crippen LogP contribution < -0.4 is 5.56 Å². The molecule has 0 aromatic carbocycles. The summed E-state index contributed by atoms with van der Waals surface area (Å²) < 4.78 is 2.80. The van der Waals surface area contributed by atoms with Crippen LogP contribution in [0.3, 0.4) is 0 Å². The summed E-state index contributed by atoms with van der Waals surface area (Å²) in [6.07, 6.45) is 7.10. The molecule has 1 aromatic heterocycles. The lowest BCUT2D eigenvalue weighted by Gasteiger charge is -2.11. The molecule has 0 bridgehead atoms. The summed E-state index contributed by atoms with van der Waals surface area (Å²) in [6.45, 7) is 0.887. The van der Waals surface area contributed by atoms with Crippen LogP contribution in [0.5, 0.6) is 0 Å². The molecule has 14 heavy (non-hydrogen) atoms. The van der Waals surface area contributed by atoms with Crippen LogP contribution in [0.2, 0.25) is 0 Å². The van der Waals surface area contributed by atoms with E-state index in [1.807, 2.05) is 10.8 Å². The van der Waals surface area contributed by atoms with Gasteiger partial charge in [0.1, 0.15) is 0 Å². The van der Waals surface area contributed by atoms with Crippen molar-refractivity contribution >= 4 is 15.9 Å². The van der Waals surface area contributed by atoms with Crippen molar-refractivity contribution in [1.82, 2.24) is 4.57 Å². The van der Waals surface area contributed by atoms with Crippen molar-refractivity contribution < 1.29 is 0 Å². The average Bonchev–Trinajstić information content (AvgIpc) is 2.64. The van der Waals surface area contributed by atoms with Gasteiger partial charge in [-0.15, -0.1) is 0 Å². The fourth-order valence-corrected chi connectivity index (χ4v) is 2.50. The molecule has 1 saturated carbocycles. The van der Waals surface area contributed by atoms with Crippen molar-refractivity contribution in [3.63, 3.8) is 0 Å². The van der Waals surface area contributed by atoms with Gasteiger partial charge in [0.05, 0.1) is 0 Å². The summed E-state index contributed by atoms with van der Waals surface area (Å²) in [5.41, 5.74) is 0.111. The predicted octanol–water partition coefficient (Wildman–Crippen LogP) is 2.80. The van der Waals surface area contributed by atoms with E-state index in [0.717, 1.165) is 11.0 Å². The van der Waals surface area contributed by atoms with Crippen molar-refractivity contribution in [2.45, 2.75) is 32.2 Å². The van der Waals surface area contributed by atoms with Crippen LogP contribution in [-0.4, -0.2) is 4.57 Å². The molecule has 1 aliphatic carbocycles. The Hall–Kier alpha value is -0.570. The predicted molar refractivity (Wildman–Crippen MR) is 60.4 cm³/mol. The standard InChI is InChI=1S/C11H14BrNO/c12-10-5-6-11(14)13(8-10)7-9-3-1-2-4-9/h5-6,8-9H,1-4,7H2. The third kappa shape index (κ3) is 2.27. The molecule has 0 unspecified atom stereocenters. The third-order valence-electron chi connectivity index (χ3n) is 2.88. The Kier molecular flexibility index (Phi) is 3.06. The van der Waals surface area contributed by atoms with Crippen LogP contribution in [0, 0.1) is 5.92 Å². The van der Waals surface area contributed by atoms with Crippen molar-refractivity contribution in [1.29, 1.82) is 0 Å². The van der Waals surface area contributed by atoms with Crippen LogP contribution >= 0.6 is 15.9 Å². The molecule has 0 aliphatic heterocycles. The van der Waals surface area contributed by atoms with E-state index in [4.69, 9.17) is 0 Å². The first-order valence-corrected chi connectivity index (χ1v) is 5.91. The Balaban J connectivity index is 2.15. The van der Waals surface area contributed by atoms with Gasteiger partial charge in [-0.3, -0.25) is 4.79 Å². The minimum atomic E-state index is 0.111. The van der Waals surface area contributed by atoms with Crippen LogP contribution in [-0.2, 0) is 6.54 Å². The zero-order valence-electron chi connectivity index (χ0n) is 8.08. The highest BCUT2D eigenvalue weighted by Gasteiger charge is 2.15. The molecule has 0 spiro atoms. The zero-order valence-corrected chi connectivity index (χ0v) is 9.66. The summed E-state index contributed by atoms with van der Waals surface area (Å²) in [5, 5.41) is 0.